The summed E-state index contributed by atoms with van der Waals surface area (Å²) in [7, 11) is 1.67. The summed E-state index contributed by atoms with van der Waals surface area (Å²) in [6.07, 6.45) is 2.57. The van der Waals surface area contributed by atoms with Crippen LogP contribution in [0.2, 0.25) is 0 Å². The van der Waals surface area contributed by atoms with Crippen molar-refractivity contribution in [3.63, 3.8) is 0 Å². The summed E-state index contributed by atoms with van der Waals surface area (Å²) in [6.45, 7) is 1.41. The van der Waals surface area contributed by atoms with E-state index < -0.39 is 0 Å². The van der Waals surface area contributed by atoms with Gasteiger partial charge < -0.3 is 15.2 Å². The molecule has 2 rings (SSSR count). The van der Waals surface area contributed by atoms with Crippen molar-refractivity contribution < 1.29 is 9.47 Å². The average Bonchev–Trinajstić information content (AvgIpc) is 2.29. The van der Waals surface area contributed by atoms with Crippen molar-refractivity contribution in [1.82, 2.24) is 0 Å². The predicted octanol–water partition coefficient (Wildman–Crippen LogP) is 2.71. The molecular weight excluding hydrogens is 282 g/mol. The molecule has 0 spiro atoms. The molecule has 1 fully saturated rings. The molecule has 0 amide bonds. The molecule has 0 heterocycles. The SMILES string of the molecule is COc1ccc(Br)c(COC2CC(CN)C2)c1. The highest BCUT2D eigenvalue weighted by molar-refractivity contribution is 9.10. The predicted molar refractivity (Wildman–Crippen MR) is 71.0 cm³/mol. The van der Waals surface area contributed by atoms with Crippen molar-refractivity contribution in [1.29, 1.82) is 0 Å². The van der Waals surface area contributed by atoms with E-state index >= 15 is 0 Å². The highest BCUT2D eigenvalue weighted by Gasteiger charge is 2.28. The van der Waals surface area contributed by atoms with Gasteiger partial charge in [0.25, 0.3) is 0 Å². The zero-order valence-corrected chi connectivity index (χ0v) is 11.6. The molecule has 0 aromatic heterocycles. The van der Waals surface area contributed by atoms with Crippen LogP contribution in [0.3, 0.4) is 0 Å². The molecule has 17 heavy (non-hydrogen) atoms. The van der Waals surface area contributed by atoms with Crippen molar-refractivity contribution >= 4 is 15.9 Å². The first-order chi connectivity index (χ1) is 8.22. The summed E-state index contributed by atoms with van der Waals surface area (Å²) in [5, 5.41) is 0. The van der Waals surface area contributed by atoms with E-state index in [9.17, 15) is 0 Å². The number of methoxy groups -OCH3 is 1. The number of rotatable bonds is 5. The first-order valence-electron chi connectivity index (χ1n) is 5.87. The number of nitrogens with two attached hydrogens (primary N) is 1. The molecule has 4 heteroatoms. The molecule has 1 aliphatic carbocycles. The third kappa shape index (κ3) is 3.21. The summed E-state index contributed by atoms with van der Waals surface area (Å²) < 4.78 is 12.1. The molecule has 1 aliphatic rings. The van der Waals surface area contributed by atoms with Crippen LogP contribution in [0.5, 0.6) is 5.75 Å². The largest absolute Gasteiger partial charge is 0.497 e. The minimum absolute atomic E-state index is 0.377. The Balaban J connectivity index is 1.86. The molecule has 2 N–H and O–H groups in total. The summed E-state index contributed by atoms with van der Waals surface area (Å²) in [6, 6.07) is 5.92. The maximum Gasteiger partial charge on any atom is 0.119 e. The van der Waals surface area contributed by atoms with E-state index in [-0.39, 0.29) is 0 Å². The Kier molecular flexibility index (Phi) is 4.42. The standard InChI is InChI=1S/C13H18BrNO2/c1-16-11-2-3-13(14)10(6-11)8-17-12-4-9(5-12)7-15/h2-3,6,9,12H,4-5,7-8,15H2,1H3. The van der Waals surface area contributed by atoms with Gasteiger partial charge in [-0.1, -0.05) is 15.9 Å². The normalized spacial score (nSPS) is 23.2. The Morgan fingerprint density at radius 1 is 1.41 bits per heavy atom. The number of benzene rings is 1. The van der Waals surface area contributed by atoms with Gasteiger partial charge in [0.15, 0.2) is 0 Å². The third-order valence-corrected chi connectivity index (χ3v) is 4.03. The van der Waals surface area contributed by atoms with E-state index in [4.69, 9.17) is 15.2 Å². The fourth-order valence-electron chi connectivity index (χ4n) is 2.00. The smallest absolute Gasteiger partial charge is 0.119 e. The molecule has 1 aromatic rings. The molecule has 0 radical (unpaired) electrons. The van der Waals surface area contributed by atoms with E-state index in [1.165, 1.54) is 0 Å². The van der Waals surface area contributed by atoms with Crippen LogP contribution in [0.4, 0.5) is 0 Å². The first kappa shape index (κ1) is 12.9. The van der Waals surface area contributed by atoms with E-state index in [1.54, 1.807) is 7.11 Å². The van der Waals surface area contributed by atoms with Crippen molar-refractivity contribution in [3.05, 3.63) is 28.2 Å². The summed E-state index contributed by atoms with van der Waals surface area (Å²) >= 11 is 3.52. The van der Waals surface area contributed by atoms with Crippen molar-refractivity contribution in [2.24, 2.45) is 11.7 Å². The van der Waals surface area contributed by atoms with Crippen LogP contribution < -0.4 is 10.5 Å². The van der Waals surface area contributed by atoms with Crippen molar-refractivity contribution in [3.8, 4) is 5.75 Å². The Morgan fingerprint density at radius 3 is 2.82 bits per heavy atom. The van der Waals surface area contributed by atoms with Crippen LogP contribution in [-0.4, -0.2) is 19.8 Å². The van der Waals surface area contributed by atoms with E-state index in [2.05, 4.69) is 15.9 Å². The Labute approximate surface area is 110 Å². The zero-order valence-electron chi connectivity index (χ0n) is 9.99. The lowest BCUT2D eigenvalue weighted by molar-refractivity contribution is -0.0378. The molecule has 0 aliphatic heterocycles. The third-order valence-electron chi connectivity index (χ3n) is 3.25. The topological polar surface area (TPSA) is 44.5 Å². The first-order valence-corrected chi connectivity index (χ1v) is 6.66. The Bertz CT molecular complexity index is 378. The molecule has 1 saturated carbocycles. The van der Waals surface area contributed by atoms with E-state index in [0.717, 1.165) is 35.2 Å². The number of hydrogen-bond acceptors (Lipinski definition) is 3. The molecule has 3 nitrogen and oxygen atoms in total. The second kappa shape index (κ2) is 5.85. The second-order valence-electron chi connectivity index (χ2n) is 4.46. The van der Waals surface area contributed by atoms with E-state index in [1.807, 2.05) is 18.2 Å². The zero-order chi connectivity index (χ0) is 12.3. The van der Waals surface area contributed by atoms with Gasteiger partial charge in [0, 0.05) is 4.47 Å². The minimum Gasteiger partial charge on any atom is -0.497 e. The molecule has 1 aromatic carbocycles. The number of halogens is 1. The fraction of sp³-hybridized carbons (Fsp3) is 0.538. The average molecular weight is 300 g/mol. The van der Waals surface area contributed by atoms with Gasteiger partial charge in [0.1, 0.15) is 5.75 Å². The molecule has 94 valence electrons. The number of ether oxygens (including phenoxy) is 2. The lowest BCUT2D eigenvalue weighted by Crippen LogP contribution is -2.35. The van der Waals surface area contributed by atoms with Gasteiger partial charge in [-0.15, -0.1) is 0 Å². The monoisotopic (exact) mass is 299 g/mol. The Morgan fingerprint density at radius 2 is 2.18 bits per heavy atom. The molecule has 0 atom stereocenters. The van der Waals surface area contributed by atoms with Crippen LogP contribution in [0.15, 0.2) is 22.7 Å². The van der Waals surface area contributed by atoms with Crippen molar-refractivity contribution in [2.45, 2.75) is 25.6 Å². The van der Waals surface area contributed by atoms with Gasteiger partial charge in [-0.2, -0.15) is 0 Å². The summed E-state index contributed by atoms with van der Waals surface area (Å²) in [5.41, 5.74) is 6.71. The van der Waals surface area contributed by atoms with Gasteiger partial charge in [0.05, 0.1) is 19.8 Å². The summed E-state index contributed by atoms with van der Waals surface area (Å²) in [5.74, 6) is 1.52. The maximum absolute atomic E-state index is 5.84. The lowest BCUT2D eigenvalue weighted by Gasteiger charge is -2.34. The Hall–Kier alpha value is -0.580. The minimum atomic E-state index is 0.377. The van der Waals surface area contributed by atoms with Crippen LogP contribution in [0.25, 0.3) is 0 Å². The van der Waals surface area contributed by atoms with Gasteiger partial charge in [0.2, 0.25) is 0 Å². The van der Waals surface area contributed by atoms with Crippen LogP contribution in [0.1, 0.15) is 18.4 Å². The molecule has 0 saturated heterocycles. The highest BCUT2D eigenvalue weighted by atomic mass is 79.9. The molecule has 0 bridgehead atoms. The van der Waals surface area contributed by atoms with Gasteiger partial charge in [-0.05, 0) is 49.1 Å². The quantitative estimate of drug-likeness (QED) is 0.909. The second-order valence-corrected chi connectivity index (χ2v) is 5.32. The highest BCUT2D eigenvalue weighted by Crippen LogP contribution is 2.31. The lowest BCUT2D eigenvalue weighted by atomic mass is 9.82. The van der Waals surface area contributed by atoms with Crippen molar-refractivity contribution in [2.75, 3.05) is 13.7 Å². The molecular formula is C13H18BrNO2. The van der Waals surface area contributed by atoms with Crippen LogP contribution in [0, 0.1) is 5.92 Å². The van der Waals surface area contributed by atoms with Crippen LogP contribution >= 0.6 is 15.9 Å². The van der Waals surface area contributed by atoms with Gasteiger partial charge in [-0.3, -0.25) is 0 Å². The van der Waals surface area contributed by atoms with Gasteiger partial charge in [-0.25, -0.2) is 0 Å². The fourth-order valence-corrected chi connectivity index (χ4v) is 2.36. The van der Waals surface area contributed by atoms with E-state index in [0.29, 0.717) is 18.6 Å². The summed E-state index contributed by atoms with van der Waals surface area (Å²) in [4.78, 5) is 0. The van der Waals surface area contributed by atoms with Gasteiger partial charge >= 0.3 is 0 Å². The maximum atomic E-state index is 5.84. The van der Waals surface area contributed by atoms with Crippen LogP contribution in [-0.2, 0) is 11.3 Å². The number of hydrogen-bond donors (Lipinski definition) is 1. The molecule has 0 unspecified atom stereocenters.